The van der Waals surface area contributed by atoms with E-state index in [-0.39, 0.29) is 23.2 Å². The van der Waals surface area contributed by atoms with Crippen molar-refractivity contribution in [3.63, 3.8) is 0 Å². The molecule has 1 aromatic rings. The number of benzene rings is 1. The Hall–Kier alpha value is -1.97. The lowest BCUT2D eigenvalue weighted by molar-refractivity contribution is 0.0235. The third-order valence-corrected chi connectivity index (χ3v) is 4.09. The Kier molecular flexibility index (Phi) is 5.47. The minimum atomic E-state index is -0.484. The molecular formula is C18H24O4. The zero-order valence-electron chi connectivity index (χ0n) is 13.3. The van der Waals surface area contributed by atoms with Crippen molar-refractivity contribution in [1.82, 2.24) is 0 Å². The van der Waals surface area contributed by atoms with E-state index in [4.69, 9.17) is 4.74 Å². The van der Waals surface area contributed by atoms with Gasteiger partial charge in [0.05, 0.1) is 0 Å². The van der Waals surface area contributed by atoms with Crippen molar-refractivity contribution in [3.8, 4) is 11.5 Å². The molecule has 0 fully saturated rings. The molecule has 0 amide bonds. The van der Waals surface area contributed by atoms with Crippen LogP contribution in [-0.2, 0) is 17.6 Å². The van der Waals surface area contributed by atoms with Gasteiger partial charge < -0.3 is 14.9 Å². The number of carbonyl (C=O) groups is 1. The van der Waals surface area contributed by atoms with Crippen LogP contribution in [0, 0.1) is 0 Å². The first-order chi connectivity index (χ1) is 10.6. The second kappa shape index (κ2) is 7.34. The Morgan fingerprint density at radius 2 is 2.14 bits per heavy atom. The van der Waals surface area contributed by atoms with Crippen LogP contribution in [0.3, 0.4) is 0 Å². The number of rotatable bonds is 6. The van der Waals surface area contributed by atoms with Gasteiger partial charge in [-0.3, -0.25) is 0 Å². The molecule has 0 bridgehead atoms. The number of aromatic hydroxyl groups is 2. The topological polar surface area (TPSA) is 66.8 Å². The SMILES string of the molecule is C/C=C/CC[C@@H]1Cc2c(CCCC)c(O)cc(O)c2C(=O)O1. The number of unbranched alkanes of at least 4 members (excludes halogenated alkanes) is 1. The molecule has 22 heavy (non-hydrogen) atoms. The average Bonchev–Trinajstić information content (AvgIpc) is 2.46. The van der Waals surface area contributed by atoms with Gasteiger partial charge in [0, 0.05) is 12.5 Å². The van der Waals surface area contributed by atoms with Crippen molar-refractivity contribution >= 4 is 5.97 Å². The van der Waals surface area contributed by atoms with E-state index in [1.807, 2.05) is 19.1 Å². The minimum Gasteiger partial charge on any atom is -0.508 e. The minimum absolute atomic E-state index is 0.0756. The molecule has 1 aliphatic rings. The standard InChI is InChI=1S/C18H24O4/c1-3-5-7-8-12-10-14-13(9-6-4-2)15(19)11-16(20)17(14)18(21)22-12/h3,5,11-12,19-20H,4,6-10H2,1-2H3/b5-3+/t12-/m1/s1. The molecule has 120 valence electrons. The molecule has 0 aliphatic carbocycles. The fourth-order valence-corrected chi connectivity index (χ4v) is 2.92. The molecule has 0 saturated heterocycles. The molecule has 1 atom stereocenters. The van der Waals surface area contributed by atoms with Gasteiger partial charge in [0.1, 0.15) is 23.2 Å². The van der Waals surface area contributed by atoms with Crippen molar-refractivity contribution in [2.45, 2.75) is 58.5 Å². The van der Waals surface area contributed by atoms with E-state index in [2.05, 4.69) is 6.92 Å². The van der Waals surface area contributed by atoms with Crippen LogP contribution in [0.15, 0.2) is 18.2 Å². The summed E-state index contributed by atoms with van der Waals surface area (Å²) in [6, 6.07) is 1.26. The molecule has 0 spiro atoms. The summed E-state index contributed by atoms with van der Waals surface area (Å²) in [5.74, 6) is -0.599. The van der Waals surface area contributed by atoms with Crippen molar-refractivity contribution in [2.75, 3.05) is 0 Å². The largest absolute Gasteiger partial charge is 0.508 e. The van der Waals surface area contributed by atoms with Crippen molar-refractivity contribution in [1.29, 1.82) is 0 Å². The lowest BCUT2D eigenvalue weighted by Crippen LogP contribution is -2.28. The second-order valence-electron chi connectivity index (χ2n) is 5.73. The number of allylic oxidation sites excluding steroid dienone is 2. The quantitative estimate of drug-likeness (QED) is 0.618. The maximum atomic E-state index is 12.2. The molecule has 1 heterocycles. The van der Waals surface area contributed by atoms with E-state index in [1.165, 1.54) is 6.07 Å². The maximum absolute atomic E-state index is 12.2. The predicted molar refractivity (Wildman–Crippen MR) is 85.3 cm³/mol. The first-order valence-corrected chi connectivity index (χ1v) is 7.97. The highest BCUT2D eigenvalue weighted by Crippen LogP contribution is 2.38. The smallest absolute Gasteiger partial charge is 0.342 e. The third-order valence-electron chi connectivity index (χ3n) is 4.09. The first kappa shape index (κ1) is 16.4. The fraction of sp³-hybridized carbons (Fsp3) is 0.500. The molecule has 0 aromatic heterocycles. The number of fused-ring (bicyclic) bond motifs is 1. The average molecular weight is 304 g/mol. The summed E-state index contributed by atoms with van der Waals surface area (Å²) >= 11 is 0. The monoisotopic (exact) mass is 304 g/mol. The maximum Gasteiger partial charge on any atom is 0.342 e. The number of esters is 1. The first-order valence-electron chi connectivity index (χ1n) is 7.97. The van der Waals surface area contributed by atoms with E-state index in [9.17, 15) is 15.0 Å². The number of hydrogen-bond acceptors (Lipinski definition) is 4. The Morgan fingerprint density at radius 3 is 2.82 bits per heavy atom. The van der Waals surface area contributed by atoms with Gasteiger partial charge in [-0.2, -0.15) is 0 Å². The van der Waals surface area contributed by atoms with E-state index in [0.717, 1.165) is 36.8 Å². The van der Waals surface area contributed by atoms with Crippen LogP contribution in [0.2, 0.25) is 0 Å². The lowest BCUT2D eigenvalue weighted by atomic mass is 9.88. The van der Waals surface area contributed by atoms with Gasteiger partial charge in [0.25, 0.3) is 0 Å². The summed E-state index contributed by atoms with van der Waals surface area (Å²) in [5.41, 5.74) is 1.76. The predicted octanol–water partition coefficient (Wildman–Crippen LogP) is 3.88. The molecule has 0 unspecified atom stereocenters. The van der Waals surface area contributed by atoms with Crippen LogP contribution in [0.4, 0.5) is 0 Å². The summed E-state index contributed by atoms with van der Waals surface area (Å²) in [5, 5.41) is 20.1. The number of phenolic OH excluding ortho intramolecular Hbond substituents is 2. The van der Waals surface area contributed by atoms with Crippen LogP contribution in [0.25, 0.3) is 0 Å². The van der Waals surface area contributed by atoms with Gasteiger partial charge in [-0.05, 0) is 43.7 Å². The fourth-order valence-electron chi connectivity index (χ4n) is 2.92. The van der Waals surface area contributed by atoms with Gasteiger partial charge >= 0.3 is 5.97 Å². The summed E-state index contributed by atoms with van der Waals surface area (Å²) in [6.07, 6.45) is 8.62. The zero-order chi connectivity index (χ0) is 16.1. The van der Waals surface area contributed by atoms with Gasteiger partial charge in [-0.15, -0.1) is 0 Å². The highest BCUT2D eigenvalue weighted by atomic mass is 16.5. The molecule has 2 N–H and O–H groups in total. The number of ether oxygens (including phenoxy) is 1. The van der Waals surface area contributed by atoms with E-state index in [0.29, 0.717) is 12.8 Å². The molecule has 4 heteroatoms. The van der Waals surface area contributed by atoms with Crippen molar-refractivity contribution < 1.29 is 19.7 Å². The van der Waals surface area contributed by atoms with Crippen molar-refractivity contribution in [3.05, 3.63) is 34.9 Å². The van der Waals surface area contributed by atoms with Gasteiger partial charge in [0.2, 0.25) is 0 Å². The number of hydrogen-bond donors (Lipinski definition) is 2. The summed E-state index contributed by atoms with van der Waals surface area (Å²) in [7, 11) is 0. The van der Waals surface area contributed by atoms with Crippen LogP contribution in [-0.4, -0.2) is 22.3 Å². The number of carbonyl (C=O) groups excluding carboxylic acids is 1. The van der Waals surface area contributed by atoms with Crippen LogP contribution < -0.4 is 0 Å². The molecule has 0 radical (unpaired) electrons. The van der Waals surface area contributed by atoms with Gasteiger partial charge in [-0.1, -0.05) is 25.5 Å². The summed E-state index contributed by atoms with van der Waals surface area (Å²) in [4.78, 5) is 12.2. The number of phenols is 2. The molecule has 1 aliphatic heterocycles. The van der Waals surface area contributed by atoms with E-state index in [1.54, 1.807) is 0 Å². The summed E-state index contributed by atoms with van der Waals surface area (Å²) in [6.45, 7) is 4.04. The molecule has 2 rings (SSSR count). The van der Waals surface area contributed by atoms with Gasteiger partial charge in [-0.25, -0.2) is 4.79 Å². The van der Waals surface area contributed by atoms with Crippen LogP contribution in [0.1, 0.15) is 61.0 Å². The highest BCUT2D eigenvalue weighted by Gasteiger charge is 2.32. The van der Waals surface area contributed by atoms with Crippen molar-refractivity contribution in [2.24, 2.45) is 0 Å². The lowest BCUT2D eigenvalue weighted by Gasteiger charge is -2.27. The van der Waals surface area contributed by atoms with E-state index < -0.39 is 5.97 Å². The third kappa shape index (κ3) is 3.43. The van der Waals surface area contributed by atoms with Crippen LogP contribution in [0.5, 0.6) is 11.5 Å². The van der Waals surface area contributed by atoms with Gasteiger partial charge in [0.15, 0.2) is 0 Å². The Balaban J connectivity index is 2.33. The Labute approximate surface area is 131 Å². The highest BCUT2D eigenvalue weighted by molar-refractivity contribution is 5.96. The molecule has 1 aromatic carbocycles. The molecule has 4 nitrogen and oxygen atoms in total. The normalized spacial score (nSPS) is 17.5. The van der Waals surface area contributed by atoms with E-state index >= 15 is 0 Å². The number of cyclic esters (lactones) is 1. The molecule has 0 saturated carbocycles. The zero-order valence-corrected chi connectivity index (χ0v) is 13.3. The Morgan fingerprint density at radius 1 is 1.36 bits per heavy atom. The van der Waals surface area contributed by atoms with Crippen LogP contribution >= 0.6 is 0 Å². The molecular weight excluding hydrogens is 280 g/mol. The summed E-state index contributed by atoms with van der Waals surface area (Å²) < 4.78 is 5.43. The Bertz CT molecular complexity index is 575. The second-order valence-corrected chi connectivity index (χ2v) is 5.73.